The molecule has 0 aliphatic carbocycles. The molecule has 1 aromatic heterocycles. The smallest absolute Gasteiger partial charge is 0.416 e. The highest BCUT2D eigenvalue weighted by atomic mass is 19.4. The molecular weight excluding hydrogens is 673 g/mol. The summed E-state index contributed by atoms with van der Waals surface area (Å²) < 4.78 is 79.0. The number of terminal acetylenes is 1. The largest absolute Gasteiger partial charge is 0.481 e. The first-order chi connectivity index (χ1) is 24.0. The van der Waals surface area contributed by atoms with Crippen LogP contribution >= 0.6 is 0 Å². The number of rotatable bonds is 12. The molecule has 0 unspecified atom stereocenters. The molecule has 13 heteroatoms. The number of aromatic nitrogens is 1. The van der Waals surface area contributed by atoms with Crippen LogP contribution in [0.1, 0.15) is 78.6 Å². The third-order valence-corrected chi connectivity index (χ3v) is 8.93. The third-order valence-electron chi connectivity index (χ3n) is 8.93. The first kappa shape index (κ1) is 39.2. The summed E-state index contributed by atoms with van der Waals surface area (Å²) in [7, 11) is 0. The zero-order valence-corrected chi connectivity index (χ0v) is 29.0. The van der Waals surface area contributed by atoms with Gasteiger partial charge in [-0.2, -0.15) is 13.2 Å². The van der Waals surface area contributed by atoms with E-state index in [0.29, 0.717) is 54.6 Å². The second-order valence-electron chi connectivity index (χ2n) is 13.3. The van der Waals surface area contributed by atoms with Crippen LogP contribution in [-0.2, 0) is 26.9 Å². The number of nitrogens with one attached hydrogen (secondary N) is 1. The number of halogens is 5. The molecule has 4 rings (SSSR count). The second-order valence-corrected chi connectivity index (χ2v) is 13.3. The number of carbonyl (C=O) groups is 2. The zero-order valence-electron chi connectivity index (χ0n) is 29.0. The number of benzene rings is 2. The van der Waals surface area contributed by atoms with Crippen molar-refractivity contribution in [3.05, 3.63) is 91.9 Å². The highest BCUT2D eigenvalue weighted by molar-refractivity contribution is 5.82. The number of aryl methyl sites for hydroxylation is 2. The zero-order chi connectivity index (χ0) is 37.6. The topological polar surface area (TPSA) is 101 Å². The standard InChI is InChI=1S/C38H42F5N3O5/c1-6-25-17-27(35-23(4)15-28(39)16-24(35)5)18-29(36(25)40)31(20-34(48)49)44-37(50)32(14-22(2)3)46-21-26(30(19-33(46)47)38(41,42)43)8-10-45-9-7-12-51-13-11-45/h1,15-19,21-22,31-32H,7-14,20H2,2-5H3,(H,44,50)(H,48,49)/t31-,32+/m1/s1. The van der Waals surface area contributed by atoms with Crippen molar-refractivity contribution in [2.24, 2.45) is 5.92 Å². The van der Waals surface area contributed by atoms with Crippen molar-refractivity contribution in [1.82, 2.24) is 14.8 Å². The molecule has 1 aliphatic rings. The van der Waals surface area contributed by atoms with E-state index in [9.17, 15) is 37.1 Å². The van der Waals surface area contributed by atoms with E-state index in [1.165, 1.54) is 24.3 Å². The number of nitrogens with zero attached hydrogens (tertiary/aromatic N) is 2. The minimum atomic E-state index is -4.84. The maximum Gasteiger partial charge on any atom is 0.416 e. The summed E-state index contributed by atoms with van der Waals surface area (Å²) in [6.45, 7) is 9.21. The van der Waals surface area contributed by atoms with Gasteiger partial charge in [-0.3, -0.25) is 14.4 Å². The van der Waals surface area contributed by atoms with E-state index in [1.54, 1.807) is 27.7 Å². The molecule has 0 spiro atoms. The SMILES string of the molecule is C#Cc1cc(-c2c(C)cc(F)cc2C)cc([C@@H](CC(=O)O)NC(=O)[C@H](CC(C)C)n2cc(CCN3CCCOCC3)c(C(F)(F)F)cc2=O)c1F. The van der Waals surface area contributed by atoms with Gasteiger partial charge in [-0.1, -0.05) is 19.8 Å². The number of alkyl halides is 3. The van der Waals surface area contributed by atoms with Crippen molar-refractivity contribution in [1.29, 1.82) is 0 Å². The molecule has 2 N–H and O–H groups in total. The summed E-state index contributed by atoms with van der Waals surface area (Å²) in [5.74, 6) is -1.73. The molecule has 274 valence electrons. The van der Waals surface area contributed by atoms with Crippen LogP contribution in [0.4, 0.5) is 22.0 Å². The fourth-order valence-corrected chi connectivity index (χ4v) is 6.59. The van der Waals surface area contributed by atoms with Crippen LogP contribution in [0.2, 0.25) is 0 Å². The molecule has 2 aromatic carbocycles. The fourth-order valence-electron chi connectivity index (χ4n) is 6.59. The molecule has 2 atom stereocenters. The lowest BCUT2D eigenvalue weighted by Gasteiger charge is -2.27. The van der Waals surface area contributed by atoms with E-state index < -0.39 is 59.3 Å². The van der Waals surface area contributed by atoms with Gasteiger partial charge < -0.3 is 24.6 Å². The molecule has 0 bridgehead atoms. The lowest BCUT2D eigenvalue weighted by molar-refractivity contribution is -0.139. The van der Waals surface area contributed by atoms with Gasteiger partial charge in [-0.05, 0) is 91.1 Å². The van der Waals surface area contributed by atoms with E-state index in [1.807, 2.05) is 4.90 Å². The number of carboxylic acids is 1. The van der Waals surface area contributed by atoms with Crippen LogP contribution in [-0.4, -0.2) is 59.3 Å². The summed E-state index contributed by atoms with van der Waals surface area (Å²) >= 11 is 0. The molecule has 8 nitrogen and oxygen atoms in total. The van der Waals surface area contributed by atoms with Crippen molar-refractivity contribution >= 4 is 11.9 Å². The molecule has 3 aromatic rings. The molecule has 1 aliphatic heterocycles. The predicted molar refractivity (Wildman–Crippen MR) is 182 cm³/mol. The van der Waals surface area contributed by atoms with E-state index in [0.717, 1.165) is 17.2 Å². The monoisotopic (exact) mass is 715 g/mol. The summed E-state index contributed by atoms with van der Waals surface area (Å²) in [5, 5.41) is 12.4. The lowest BCUT2D eigenvalue weighted by atomic mass is 9.90. The number of aliphatic carboxylic acids is 1. The average molecular weight is 716 g/mol. The van der Waals surface area contributed by atoms with E-state index >= 15 is 4.39 Å². The molecular formula is C38H42F5N3O5. The Labute approximate surface area is 293 Å². The van der Waals surface area contributed by atoms with Crippen LogP contribution in [0.25, 0.3) is 11.1 Å². The van der Waals surface area contributed by atoms with E-state index in [2.05, 4.69) is 11.2 Å². The van der Waals surface area contributed by atoms with E-state index in [4.69, 9.17) is 11.2 Å². The summed E-state index contributed by atoms with van der Waals surface area (Å²) in [5.41, 5.74) is -0.947. The first-order valence-corrected chi connectivity index (χ1v) is 16.7. The van der Waals surface area contributed by atoms with E-state index in [-0.39, 0.29) is 42.0 Å². The Morgan fingerprint density at radius 3 is 2.35 bits per heavy atom. The van der Waals surface area contributed by atoms with Crippen molar-refractivity contribution in [2.45, 2.75) is 71.6 Å². The van der Waals surface area contributed by atoms with Crippen LogP contribution in [0.5, 0.6) is 0 Å². The molecule has 0 saturated carbocycles. The predicted octanol–water partition coefficient (Wildman–Crippen LogP) is 6.59. The number of hydrogen-bond donors (Lipinski definition) is 2. The summed E-state index contributed by atoms with van der Waals surface area (Å²) in [6.07, 6.45) is 1.68. The van der Waals surface area contributed by atoms with Crippen molar-refractivity contribution < 1.29 is 41.4 Å². The van der Waals surface area contributed by atoms with Gasteiger partial charge >= 0.3 is 12.1 Å². The van der Waals surface area contributed by atoms with Gasteiger partial charge in [0.1, 0.15) is 17.7 Å². The molecule has 1 amide bonds. The molecule has 0 radical (unpaired) electrons. The Hall–Kier alpha value is -4.54. The Morgan fingerprint density at radius 1 is 1.06 bits per heavy atom. The molecule has 1 fully saturated rings. The lowest BCUT2D eigenvalue weighted by Crippen LogP contribution is -2.41. The maximum atomic E-state index is 15.9. The third kappa shape index (κ3) is 9.83. The van der Waals surface area contributed by atoms with Gasteiger partial charge in [0.25, 0.3) is 5.56 Å². The fraction of sp³-hybridized carbons (Fsp3) is 0.447. The minimum Gasteiger partial charge on any atom is -0.481 e. The Balaban J connectivity index is 1.78. The average Bonchev–Trinajstić information content (AvgIpc) is 3.31. The number of hydrogen-bond acceptors (Lipinski definition) is 5. The molecule has 51 heavy (non-hydrogen) atoms. The summed E-state index contributed by atoms with van der Waals surface area (Å²) in [6, 6.07) is 2.87. The number of pyridine rings is 1. The molecule has 2 heterocycles. The van der Waals surface area contributed by atoms with Gasteiger partial charge in [0, 0.05) is 44.1 Å². The van der Waals surface area contributed by atoms with Crippen molar-refractivity contribution in [3.63, 3.8) is 0 Å². The highest BCUT2D eigenvalue weighted by Gasteiger charge is 2.36. The van der Waals surface area contributed by atoms with Crippen LogP contribution in [0.15, 0.2) is 41.3 Å². The van der Waals surface area contributed by atoms with Crippen LogP contribution < -0.4 is 10.9 Å². The van der Waals surface area contributed by atoms with Crippen LogP contribution in [0.3, 0.4) is 0 Å². The first-order valence-electron chi connectivity index (χ1n) is 16.7. The van der Waals surface area contributed by atoms with Gasteiger partial charge in [0.05, 0.1) is 30.2 Å². The second kappa shape index (κ2) is 16.7. The maximum absolute atomic E-state index is 15.9. The molecule has 1 saturated heterocycles. The number of carboxylic acid groups (broad SMARTS) is 1. The minimum absolute atomic E-state index is 0.00804. The van der Waals surface area contributed by atoms with Gasteiger partial charge in [-0.15, -0.1) is 6.42 Å². The Morgan fingerprint density at radius 2 is 1.75 bits per heavy atom. The number of ether oxygens (including phenoxy) is 1. The van der Waals surface area contributed by atoms with Crippen molar-refractivity contribution in [2.75, 3.05) is 32.8 Å². The van der Waals surface area contributed by atoms with Gasteiger partial charge in [0.15, 0.2) is 0 Å². The van der Waals surface area contributed by atoms with Gasteiger partial charge in [-0.25, -0.2) is 8.78 Å². The summed E-state index contributed by atoms with van der Waals surface area (Å²) in [4.78, 5) is 41.5. The number of carbonyl (C=O) groups excluding carboxylic acids is 1. The number of amides is 1. The Kier molecular flexibility index (Phi) is 12.8. The van der Waals surface area contributed by atoms with Gasteiger partial charge in [0.2, 0.25) is 5.91 Å². The quantitative estimate of drug-likeness (QED) is 0.162. The van der Waals surface area contributed by atoms with Crippen molar-refractivity contribution in [3.8, 4) is 23.5 Å². The Bertz CT molecular complexity index is 1830. The normalized spacial score (nSPS) is 15.2. The van der Waals surface area contributed by atoms with Crippen LogP contribution in [0, 0.1) is 43.7 Å². The highest BCUT2D eigenvalue weighted by Crippen LogP contribution is 2.35.